The van der Waals surface area contributed by atoms with Gasteiger partial charge in [-0.3, -0.25) is 0 Å². The van der Waals surface area contributed by atoms with Crippen LogP contribution in [-0.4, -0.2) is 4.98 Å². The molecule has 0 fully saturated rings. The minimum Gasteiger partial charge on any atom is -0.325 e. The van der Waals surface area contributed by atoms with Crippen LogP contribution >= 0.6 is 15.9 Å². The quantitative estimate of drug-likeness (QED) is 0.673. The Hall–Kier alpha value is -0.760. The fraction of sp³-hybridized carbons (Fsp3) is 0.375. The molecule has 90 valence electrons. The Kier molecular flexibility index (Phi) is 3.84. The summed E-state index contributed by atoms with van der Waals surface area (Å²) in [6.07, 6.45) is -8.12. The first-order chi connectivity index (χ1) is 7.27. The van der Waals surface area contributed by atoms with Crippen LogP contribution in [0.25, 0.3) is 0 Å². The molecule has 0 atom stereocenters. The Bertz CT molecular complexity index is 391. The summed E-state index contributed by atoms with van der Waals surface area (Å²) in [6, 6.07) is 0.665. The zero-order chi connectivity index (χ0) is 12.5. The maximum absolute atomic E-state index is 12.5. The van der Waals surface area contributed by atoms with Gasteiger partial charge in [-0.1, -0.05) is 0 Å². The second kappa shape index (κ2) is 4.62. The molecule has 0 radical (unpaired) electrons. The first-order valence-electron chi connectivity index (χ1n) is 4.02. The monoisotopic (exact) mass is 304 g/mol. The van der Waals surface area contributed by atoms with E-state index >= 15 is 0 Å². The van der Waals surface area contributed by atoms with Gasteiger partial charge in [0.25, 0.3) is 6.43 Å². The number of aromatic nitrogens is 1. The highest BCUT2D eigenvalue weighted by Gasteiger charge is 2.39. The van der Waals surface area contributed by atoms with Crippen LogP contribution in [0, 0.1) is 0 Å². The summed E-state index contributed by atoms with van der Waals surface area (Å²) in [5, 5.41) is 0. The highest BCUT2D eigenvalue weighted by Crippen LogP contribution is 2.40. The Morgan fingerprint density at radius 1 is 1.38 bits per heavy atom. The summed E-state index contributed by atoms with van der Waals surface area (Å²) in [5.74, 6) is 0. The van der Waals surface area contributed by atoms with E-state index < -0.39 is 28.3 Å². The van der Waals surface area contributed by atoms with Gasteiger partial charge in [0.15, 0.2) is 0 Å². The number of nitrogens with zero attached hydrogens (tertiary/aromatic N) is 1. The SMILES string of the molecule is NCc1cc(C(F)F)c(C(F)(F)F)c(Br)n1. The van der Waals surface area contributed by atoms with Crippen molar-refractivity contribution in [2.45, 2.75) is 19.1 Å². The molecule has 0 aliphatic heterocycles. The molecule has 0 spiro atoms. The van der Waals surface area contributed by atoms with Gasteiger partial charge in [0.05, 0.1) is 11.3 Å². The van der Waals surface area contributed by atoms with Crippen LogP contribution in [0.4, 0.5) is 22.0 Å². The first-order valence-corrected chi connectivity index (χ1v) is 4.81. The molecule has 0 aliphatic carbocycles. The Labute approximate surface area is 95.8 Å². The third kappa shape index (κ3) is 2.67. The zero-order valence-corrected chi connectivity index (χ0v) is 9.24. The summed E-state index contributed by atoms with van der Waals surface area (Å²) in [7, 11) is 0. The van der Waals surface area contributed by atoms with Crippen LogP contribution in [0.1, 0.15) is 23.2 Å². The predicted molar refractivity (Wildman–Crippen MR) is 49.8 cm³/mol. The van der Waals surface area contributed by atoms with E-state index in [0.29, 0.717) is 6.07 Å². The number of rotatable bonds is 2. The van der Waals surface area contributed by atoms with Crippen molar-refractivity contribution in [3.8, 4) is 0 Å². The lowest BCUT2D eigenvalue weighted by Gasteiger charge is -2.14. The molecule has 1 rings (SSSR count). The van der Waals surface area contributed by atoms with E-state index in [0.717, 1.165) is 0 Å². The van der Waals surface area contributed by atoms with Gasteiger partial charge >= 0.3 is 6.18 Å². The van der Waals surface area contributed by atoms with Crippen LogP contribution in [0.2, 0.25) is 0 Å². The second-order valence-corrected chi connectivity index (χ2v) is 3.62. The topological polar surface area (TPSA) is 38.9 Å². The molecule has 0 aromatic carbocycles. The number of nitrogens with two attached hydrogens (primary N) is 1. The van der Waals surface area contributed by atoms with Gasteiger partial charge in [0.2, 0.25) is 0 Å². The summed E-state index contributed by atoms with van der Waals surface area (Å²) in [4.78, 5) is 3.44. The molecule has 0 bridgehead atoms. The lowest BCUT2D eigenvalue weighted by Crippen LogP contribution is -2.14. The molecule has 1 aromatic heterocycles. The fourth-order valence-corrected chi connectivity index (χ4v) is 1.82. The third-order valence-corrected chi connectivity index (χ3v) is 2.36. The van der Waals surface area contributed by atoms with Gasteiger partial charge < -0.3 is 5.73 Å². The molecule has 0 saturated heterocycles. The van der Waals surface area contributed by atoms with E-state index in [9.17, 15) is 22.0 Å². The lowest BCUT2D eigenvalue weighted by atomic mass is 10.1. The molecule has 2 N–H and O–H groups in total. The van der Waals surface area contributed by atoms with Crippen molar-refractivity contribution in [3.63, 3.8) is 0 Å². The van der Waals surface area contributed by atoms with Gasteiger partial charge in [-0.2, -0.15) is 13.2 Å². The normalized spacial score (nSPS) is 12.2. The third-order valence-electron chi connectivity index (χ3n) is 1.79. The van der Waals surface area contributed by atoms with Crippen molar-refractivity contribution < 1.29 is 22.0 Å². The average molecular weight is 305 g/mol. The number of halogens is 6. The number of hydrogen-bond acceptors (Lipinski definition) is 2. The molecule has 0 aliphatic rings. The van der Waals surface area contributed by atoms with Gasteiger partial charge in [0.1, 0.15) is 4.60 Å². The van der Waals surface area contributed by atoms with Crippen molar-refractivity contribution in [1.82, 2.24) is 4.98 Å². The molecular weight excluding hydrogens is 299 g/mol. The highest BCUT2D eigenvalue weighted by atomic mass is 79.9. The standard InChI is InChI=1S/C8H6BrF5N2/c9-6-5(8(12,13)14)4(7(10)11)1-3(2-15)16-6/h1,7H,2,15H2. The van der Waals surface area contributed by atoms with E-state index in [-0.39, 0.29) is 12.2 Å². The summed E-state index contributed by atoms with van der Waals surface area (Å²) < 4.78 is 61.7. The predicted octanol–water partition coefficient (Wildman–Crippen LogP) is 3.26. The molecule has 1 aromatic rings. The lowest BCUT2D eigenvalue weighted by molar-refractivity contribution is -0.140. The van der Waals surface area contributed by atoms with Crippen LogP contribution in [0.5, 0.6) is 0 Å². The van der Waals surface area contributed by atoms with Crippen molar-refractivity contribution in [1.29, 1.82) is 0 Å². The molecule has 0 unspecified atom stereocenters. The molecule has 1 heterocycles. The smallest absolute Gasteiger partial charge is 0.325 e. The van der Waals surface area contributed by atoms with Gasteiger partial charge in [0, 0.05) is 12.1 Å². The van der Waals surface area contributed by atoms with Crippen LogP contribution < -0.4 is 5.73 Å². The minimum absolute atomic E-state index is 0.0322. The number of alkyl halides is 5. The van der Waals surface area contributed by atoms with E-state index in [4.69, 9.17) is 5.73 Å². The maximum Gasteiger partial charge on any atom is 0.419 e. The van der Waals surface area contributed by atoms with Crippen molar-refractivity contribution >= 4 is 15.9 Å². The molecule has 2 nitrogen and oxygen atoms in total. The first kappa shape index (κ1) is 13.3. The summed E-state index contributed by atoms with van der Waals surface area (Å²) >= 11 is 2.52. The fourth-order valence-electron chi connectivity index (χ4n) is 1.14. The Morgan fingerprint density at radius 3 is 2.31 bits per heavy atom. The molecule has 0 saturated carbocycles. The van der Waals surface area contributed by atoms with Crippen molar-refractivity contribution in [2.24, 2.45) is 5.73 Å². The number of pyridine rings is 1. The molecular formula is C8H6BrF5N2. The number of hydrogen-bond donors (Lipinski definition) is 1. The van der Waals surface area contributed by atoms with Crippen LogP contribution in [-0.2, 0) is 12.7 Å². The van der Waals surface area contributed by atoms with Gasteiger partial charge in [-0.25, -0.2) is 13.8 Å². The summed E-state index contributed by atoms with van der Waals surface area (Å²) in [6.45, 7) is -0.212. The van der Waals surface area contributed by atoms with E-state index in [2.05, 4.69) is 20.9 Å². The van der Waals surface area contributed by atoms with Gasteiger partial charge in [-0.15, -0.1) is 0 Å². The second-order valence-electron chi connectivity index (χ2n) is 2.87. The van der Waals surface area contributed by atoms with Crippen molar-refractivity contribution in [3.05, 3.63) is 27.5 Å². The van der Waals surface area contributed by atoms with Gasteiger partial charge in [-0.05, 0) is 22.0 Å². The Morgan fingerprint density at radius 2 is 1.94 bits per heavy atom. The maximum atomic E-state index is 12.5. The minimum atomic E-state index is -4.88. The average Bonchev–Trinajstić information content (AvgIpc) is 2.14. The molecule has 0 amide bonds. The zero-order valence-electron chi connectivity index (χ0n) is 7.65. The Balaban J connectivity index is 3.46. The molecule has 16 heavy (non-hydrogen) atoms. The van der Waals surface area contributed by atoms with E-state index in [1.807, 2.05) is 0 Å². The highest BCUT2D eigenvalue weighted by molar-refractivity contribution is 9.10. The van der Waals surface area contributed by atoms with Crippen LogP contribution in [0.3, 0.4) is 0 Å². The van der Waals surface area contributed by atoms with Crippen LogP contribution in [0.15, 0.2) is 10.7 Å². The van der Waals surface area contributed by atoms with E-state index in [1.54, 1.807) is 0 Å². The summed E-state index contributed by atoms with van der Waals surface area (Å²) in [5.41, 5.74) is 2.53. The molecule has 8 heteroatoms. The van der Waals surface area contributed by atoms with Crippen molar-refractivity contribution in [2.75, 3.05) is 0 Å². The van der Waals surface area contributed by atoms with E-state index in [1.165, 1.54) is 0 Å². The largest absolute Gasteiger partial charge is 0.419 e.